The summed E-state index contributed by atoms with van der Waals surface area (Å²) in [5, 5.41) is 0.770. The Morgan fingerprint density at radius 3 is 2.46 bits per heavy atom. The number of piperazine rings is 1. The van der Waals surface area contributed by atoms with Crippen LogP contribution in [-0.4, -0.2) is 49.6 Å². The maximum atomic E-state index is 14.0. The monoisotopic (exact) mass is 402 g/mol. The molecule has 6 heteroatoms. The lowest BCUT2D eigenvalue weighted by molar-refractivity contribution is -0.892. The molecule has 1 N–H and O–H groups in total. The summed E-state index contributed by atoms with van der Waals surface area (Å²) >= 11 is 6.31. The second kappa shape index (κ2) is 8.50. The molecule has 1 aliphatic carbocycles. The first-order valence-electron chi connectivity index (χ1n) is 9.98. The number of benzene rings is 2. The first-order valence-corrected chi connectivity index (χ1v) is 10.4. The van der Waals surface area contributed by atoms with Crippen molar-refractivity contribution in [1.29, 1.82) is 0 Å². The molecule has 4 nitrogen and oxygen atoms in total. The fraction of sp³-hybridized carbons (Fsp3) is 0.409. The highest BCUT2D eigenvalue weighted by Crippen LogP contribution is 2.29. The molecule has 0 atom stereocenters. The predicted molar refractivity (Wildman–Crippen MR) is 109 cm³/mol. The van der Waals surface area contributed by atoms with Gasteiger partial charge in [0, 0.05) is 18.2 Å². The molecular weight excluding hydrogens is 377 g/mol. The summed E-state index contributed by atoms with van der Waals surface area (Å²) < 4.78 is 14.0. The summed E-state index contributed by atoms with van der Waals surface area (Å²) in [5.74, 6) is -0.103. The van der Waals surface area contributed by atoms with Crippen LogP contribution < -0.4 is 9.80 Å². The van der Waals surface area contributed by atoms with E-state index in [0.29, 0.717) is 18.7 Å². The molecule has 2 aromatic rings. The van der Waals surface area contributed by atoms with E-state index in [1.165, 1.54) is 11.0 Å². The number of carbonyl (C=O) groups excluding carboxylic acids is 1. The number of para-hydroxylation sites is 1. The summed E-state index contributed by atoms with van der Waals surface area (Å²) in [4.78, 5) is 18.4. The minimum atomic E-state index is -0.235. The Labute approximate surface area is 170 Å². The van der Waals surface area contributed by atoms with E-state index in [9.17, 15) is 9.18 Å². The minimum Gasteiger partial charge on any atom is -0.359 e. The van der Waals surface area contributed by atoms with E-state index in [4.69, 9.17) is 11.6 Å². The summed E-state index contributed by atoms with van der Waals surface area (Å²) in [6.45, 7) is 4.40. The van der Waals surface area contributed by atoms with Gasteiger partial charge in [0.2, 0.25) is 0 Å². The molecule has 1 saturated carbocycles. The van der Waals surface area contributed by atoms with E-state index in [2.05, 4.69) is 4.90 Å². The zero-order valence-corrected chi connectivity index (χ0v) is 16.7. The van der Waals surface area contributed by atoms with E-state index in [-0.39, 0.29) is 17.8 Å². The second-order valence-corrected chi connectivity index (χ2v) is 8.12. The number of hydrogen-bond acceptors (Lipinski definition) is 2. The fourth-order valence-corrected chi connectivity index (χ4v) is 4.14. The van der Waals surface area contributed by atoms with Crippen LogP contribution in [0.3, 0.4) is 0 Å². The van der Waals surface area contributed by atoms with Crippen LogP contribution in [0.2, 0.25) is 5.02 Å². The minimum absolute atomic E-state index is 0.131. The lowest BCUT2D eigenvalue weighted by Gasteiger charge is -2.34. The van der Waals surface area contributed by atoms with Crippen molar-refractivity contribution in [1.82, 2.24) is 4.90 Å². The van der Waals surface area contributed by atoms with Crippen LogP contribution in [0.1, 0.15) is 18.4 Å². The van der Waals surface area contributed by atoms with Gasteiger partial charge in [-0.05, 0) is 31.0 Å². The number of carbonyl (C=O) groups is 1. The van der Waals surface area contributed by atoms with Crippen molar-refractivity contribution >= 4 is 23.2 Å². The van der Waals surface area contributed by atoms with Crippen LogP contribution in [-0.2, 0) is 11.3 Å². The van der Waals surface area contributed by atoms with Gasteiger partial charge in [-0.1, -0.05) is 41.9 Å². The Hall–Kier alpha value is -2.11. The molecule has 2 fully saturated rings. The number of halogens is 2. The zero-order valence-electron chi connectivity index (χ0n) is 15.9. The third kappa shape index (κ3) is 4.47. The number of quaternary nitrogens is 1. The van der Waals surface area contributed by atoms with Gasteiger partial charge in [0.05, 0.1) is 36.9 Å². The molecular formula is C22H26ClFN3O+. The molecule has 4 rings (SSSR count). The Kier molecular flexibility index (Phi) is 5.83. The Morgan fingerprint density at radius 1 is 1.11 bits per heavy atom. The standard InChI is InChI=1S/C22H25ClFN3O/c23-19-6-2-4-8-21(19)26-13-11-25(12-14-26)16-22(28)27(18-9-10-18)15-17-5-1-3-7-20(17)24/h1-8,18H,9-16H2/p+1. The summed E-state index contributed by atoms with van der Waals surface area (Å²) in [5.41, 5.74) is 1.66. The molecule has 2 aliphatic rings. The van der Waals surface area contributed by atoms with Crippen LogP contribution in [0.25, 0.3) is 0 Å². The maximum Gasteiger partial charge on any atom is 0.278 e. The van der Waals surface area contributed by atoms with Crippen molar-refractivity contribution in [2.75, 3.05) is 37.6 Å². The lowest BCUT2D eigenvalue weighted by Crippen LogP contribution is -3.15. The van der Waals surface area contributed by atoms with Crippen LogP contribution in [0.5, 0.6) is 0 Å². The predicted octanol–water partition coefficient (Wildman–Crippen LogP) is 2.38. The van der Waals surface area contributed by atoms with Crippen molar-refractivity contribution in [2.45, 2.75) is 25.4 Å². The molecule has 1 saturated heterocycles. The number of rotatable bonds is 6. The number of anilines is 1. The summed E-state index contributed by atoms with van der Waals surface area (Å²) in [6.07, 6.45) is 2.05. The molecule has 0 radical (unpaired) electrons. The van der Waals surface area contributed by atoms with Gasteiger partial charge < -0.3 is 14.7 Å². The number of amides is 1. The van der Waals surface area contributed by atoms with Crippen molar-refractivity contribution in [3.8, 4) is 0 Å². The molecule has 0 unspecified atom stereocenters. The number of hydrogen-bond donors (Lipinski definition) is 1. The first-order chi connectivity index (χ1) is 13.6. The third-order valence-corrected chi connectivity index (χ3v) is 5.99. The third-order valence-electron chi connectivity index (χ3n) is 5.67. The quantitative estimate of drug-likeness (QED) is 0.803. The average molecular weight is 403 g/mol. The van der Waals surface area contributed by atoms with E-state index in [1.807, 2.05) is 35.2 Å². The van der Waals surface area contributed by atoms with Gasteiger partial charge in [-0.2, -0.15) is 0 Å². The molecule has 1 aliphatic heterocycles. The first kappa shape index (κ1) is 19.2. The smallest absolute Gasteiger partial charge is 0.278 e. The molecule has 0 spiro atoms. The van der Waals surface area contributed by atoms with Crippen molar-refractivity contribution in [2.24, 2.45) is 0 Å². The SMILES string of the molecule is O=C(C[NH+]1CCN(c2ccccc2Cl)CC1)N(Cc1ccccc1F)C1CC1. The van der Waals surface area contributed by atoms with Gasteiger partial charge in [0.15, 0.2) is 6.54 Å². The van der Waals surface area contributed by atoms with Gasteiger partial charge in [0.25, 0.3) is 5.91 Å². The summed E-state index contributed by atoms with van der Waals surface area (Å²) in [6, 6.07) is 14.9. The van der Waals surface area contributed by atoms with E-state index < -0.39 is 0 Å². The normalized spacial score (nSPS) is 17.6. The van der Waals surface area contributed by atoms with Gasteiger partial charge in [-0.3, -0.25) is 4.79 Å². The van der Waals surface area contributed by atoms with Crippen molar-refractivity contribution in [3.05, 3.63) is 64.9 Å². The van der Waals surface area contributed by atoms with Crippen molar-refractivity contribution in [3.63, 3.8) is 0 Å². The van der Waals surface area contributed by atoms with Crippen LogP contribution in [0.4, 0.5) is 10.1 Å². The van der Waals surface area contributed by atoms with Gasteiger partial charge in [0.1, 0.15) is 5.82 Å². The van der Waals surface area contributed by atoms with Gasteiger partial charge in [-0.25, -0.2) is 4.39 Å². The van der Waals surface area contributed by atoms with E-state index in [1.54, 1.807) is 12.1 Å². The molecule has 1 amide bonds. The number of nitrogens with zero attached hydrogens (tertiary/aromatic N) is 2. The Morgan fingerprint density at radius 2 is 1.79 bits per heavy atom. The fourth-order valence-electron chi connectivity index (χ4n) is 3.88. The highest BCUT2D eigenvalue weighted by atomic mass is 35.5. The molecule has 1 heterocycles. The topological polar surface area (TPSA) is 28.0 Å². The van der Waals surface area contributed by atoms with Crippen LogP contribution in [0.15, 0.2) is 48.5 Å². The Balaban J connectivity index is 1.34. The van der Waals surface area contributed by atoms with E-state index in [0.717, 1.165) is 49.7 Å². The Bertz CT molecular complexity index is 834. The molecule has 0 aromatic heterocycles. The zero-order chi connectivity index (χ0) is 19.5. The van der Waals surface area contributed by atoms with Gasteiger partial charge in [-0.15, -0.1) is 0 Å². The molecule has 2 aromatic carbocycles. The number of nitrogens with one attached hydrogen (secondary N) is 1. The summed E-state index contributed by atoms with van der Waals surface area (Å²) in [7, 11) is 0. The maximum absolute atomic E-state index is 14.0. The average Bonchev–Trinajstić information content (AvgIpc) is 3.53. The highest BCUT2D eigenvalue weighted by Gasteiger charge is 2.35. The molecule has 28 heavy (non-hydrogen) atoms. The van der Waals surface area contributed by atoms with E-state index >= 15 is 0 Å². The van der Waals surface area contributed by atoms with Crippen LogP contribution >= 0.6 is 11.6 Å². The largest absolute Gasteiger partial charge is 0.359 e. The highest BCUT2D eigenvalue weighted by molar-refractivity contribution is 6.33. The van der Waals surface area contributed by atoms with Crippen LogP contribution in [0, 0.1) is 5.82 Å². The second-order valence-electron chi connectivity index (χ2n) is 7.71. The lowest BCUT2D eigenvalue weighted by atomic mass is 10.2. The van der Waals surface area contributed by atoms with Gasteiger partial charge >= 0.3 is 0 Å². The molecule has 148 valence electrons. The molecule has 0 bridgehead atoms. The van der Waals surface area contributed by atoms with Crippen molar-refractivity contribution < 1.29 is 14.1 Å².